The molecule has 0 spiro atoms. The predicted octanol–water partition coefficient (Wildman–Crippen LogP) is 28.0. The fourth-order valence-corrected chi connectivity index (χ4v) is 33.0. The van der Waals surface area contributed by atoms with Gasteiger partial charge in [-0.15, -0.1) is 0 Å². The second-order valence-electron chi connectivity index (χ2n) is 43.6. The van der Waals surface area contributed by atoms with Gasteiger partial charge in [0.25, 0.3) is 0 Å². The molecule has 0 aliphatic carbocycles. The lowest BCUT2D eigenvalue weighted by molar-refractivity contribution is -0.152. The smallest absolute Gasteiger partial charge is 0.393 e. The standard InChI is InChI=1S/C20H40NO5PS.C15H31O5PS.C14H29O5PS.C12H28NO3PS.C11H26NO3PS.C9H21O3PS/c1-18(2,3)25-27(23,26-19(4,5)6)28-16-24-17(22)20(7,8)12-15-21-13-10-9-11-14-21;1-13(2,3)12(16)18-10-11-22-21(17,19-14(4,5)6)20-15(7,8)9;1-12(2,3)11(15)17-10-21-20(16,18-13(4,5)6)19-14(7,8)9;1-11(2,3)15-17(14,16-12(4,5)6)18-10-9-13(7)8;1-10(2,3)14-16(13,15-11(4,5)6)17-9-12(7)8;1-8(2,3)11-13(10,14-7)12-9(4,5)6/h9-16H2,1-8H3;10-11H2,1-9H3;10H2,1-9H3;9-10H2,1-8H3;9H2,1-8H3;1-7H3. The van der Waals surface area contributed by atoms with Crippen LogP contribution in [0.25, 0.3) is 0 Å². The Morgan fingerprint density at radius 2 is 0.533 bits per heavy atom. The average molecular weight is 1950 g/mol. The van der Waals surface area contributed by atoms with E-state index in [4.69, 9.17) is 68.5 Å². The highest BCUT2D eigenvalue weighted by Gasteiger charge is 2.43. The summed E-state index contributed by atoms with van der Waals surface area (Å²) in [4.78, 5) is 42.4. The fraction of sp³-hybridized carbons (Fsp3) is 0.963. The minimum atomic E-state index is -3.48. The topological polar surface area (TPSA) is 302 Å². The van der Waals surface area contributed by atoms with Crippen LogP contribution in [-0.2, 0) is 110 Å². The van der Waals surface area contributed by atoms with E-state index in [0.29, 0.717) is 11.6 Å². The largest absolute Gasteiger partial charge is 0.464 e. The minimum absolute atomic E-state index is 0.0601. The van der Waals surface area contributed by atoms with Crippen molar-refractivity contribution in [2.45, 2.75) is 398 Å². The summed E-state index contributed by atoms with van der Waals surface area (Å²) in [7, 11) is 7.82. The Kier molecular flexibility index (Phi) is 57.0. The zero-order valence-electron chi connectivity index (χ0n) is 84.2. The van der Waals surface area contributed by atoms with E-state index in [2.05, 4.69) is 4.90 Å². The predicted molar refractivity (Wildman–Crippen MR) is 514 cm³/mol. The van der Waals surface area contributed by atoms with Crippen LogP contribution in [0.1, 0.15) is 330 Å². The Labute approximate surface area is 756 Å². The minimum Gasteiger partial charge on any atom is -0.464 e. The van der Waals surface area contributed by atoms with Crippen LogP contribution in [0.4, 0.5) is 0 Å². The van der Waals surface area contributed by atoms with Gasteiger partial charge in [-0.3, -0.25) is 73.6 Å². The number of hydrogen-bond acceptors (Lipinski definition) is 33. The maximum atomic E-state index is 13.1. The van der Waals surface area contributed by atoms with Crippen LogP contribution in [-0.4, -0.2) is 196 Å². The summed E-state index contributed by atoms with van der Waals surface area (Å²) in [6.07, 6.45) is 6.24. The molecule has 0 bridgehead atoms. The van der Waals surface area contributed by atoms with Crippen molar-refractivity contribution in [1.82, 2.24) is 14.7 Å². The molecular formula is C81H175N3O24P6S6. The van der Waals surface area contributed by atoms with Crippen LogP contribution in [0.5, 0.6) is 0 Å². The Balaban J connectivity index is -0.000000447. The number of hydrogen-bond donors (Lipinski definition) is 0. The molecule has 1 aliphatic heterocycles. The molecule has 0 aromatic carbocycles. The molecule has 1 heterocycles. The average Bonchev–Trinajstić information content (AvgIpc) is 0.845. The molecule has 1 aliphatic rings. The molecule has 1 saturated heterocycles. The fourth-order valence-electron chi connectivity index (χ4n) is 7.92. The van der Waals surface area contributed by atoms with Crippen molar-refractivity contribution in [1.29, 1.82) is 0 Å². The molecule has 1 fully saturated rings. The number of ether oxygens (including phenoxy) is 3. The van der Waals surface area contributed by atoms with Crippen molar-refractivity contribution in [2.24, 2.45) is 16.2 Å². The van der Waals surface area contributed by atoms with Crippen molar-refractivity contribution in [2.75, 3.05) is 96.5 Å². The lowest BCUT2D eigenvalue weighted by atomic mass is 9.89. The Morgan fingerprint density at radius 1 is 0.300 bits per heavy atom. The van der Waals surface area contributed by atoms with Crippen LogP contribution in [0, 0.1) is 16.2 Å². The first-order valence-corrected chi connectivity index (χ1v) is 59.8. The molecule has 0 N–H and O–H groups in total. The van der Waals surface area contributed by atoms with Crippen LogP contribution < -0.4 is 0 Å². The molecule has 0 atom stereocenters. The summed E-state index contributed by atoms with van der Waals surface area (Å²) in [5.74, 6) is 0.625. The van der Waals surface area contributed by atoms with Gasteiger partial charge in [0, 0.05) is 40.8 Å². The SMILES string of the molecule is CC(C)(C)OP(=O)(OC(C)(C)C)SCCOC(=O)C(C)(C)C.CC(C)(C)OP(=O)(OC(C)(C)C)SCOC(=O)C(C)(C)C.CC(C)(C)OP(=O)(OC(C)(C)C)SCOC(=O)C(C)(C)CCN1CCCCC1.CN(C)CCSP(=O)(OC(C)(C)C)OC(C)(C)C.CN(C)CSP(=O)(OC(C)(C)C)OC(C)(C)C.CSP(=O)(OC(C)(C)C)OC(C)(C)C. The molecule has 0 radical (unpaired) electrons. The van der Waals surface area contributed by atoms with E-state index in [1.54, 1.807) is 89.3 Å². The zero-order valence-corrected chi connectivity index (χ0v) is 94.4. The van der Waals surface area contributed by atoms with Crippen molar-refractivity contribution in [3.63, 3.8) is 0 Å². The quantitative estimate of drug-likeness (QED) is 0.0190. The van der Waals surface area contributed by atoms with Crippen LogP contribution in [0.3, 0.4) is 0 Å². The molecule has 27 nitrogen and oxygen atoms in total. The summed E-state index contributed by atoms with van der Waals surface area (Å²) in [5, 5.41) is 0. The molecule has 0 saturated carbocycles. The van der Waals surface area contributed by atoms with Crippen LogP contribution >= 0.6 is 109 Å². The second kappa shape index (κ2) is 52.7. The van der Waals surface area contributed by atoms with Gasteiger partial charge < -0.3 is 24.0 Å². The van der Waals surface area contributed by atoms with Gasteiger partial charge in [0.1, 0.15) is 18.5 Å². The van der Waals surface area contributed by atoms with Gasteiger partial charge in [-0.05, 0) is 424 Å². The summed E-state index contributed by atoms with van der Waals surface area (Å²) >= 11 is 6.52. The molecule has 724 valence electrons. The maximum absolute atomic E-state index is 13.1. The van der Waals surface area contributed by atoms with E-state index in [-0.39, 0.29) is 36.4 Å². The Bertz CT molecular complexity index is 3130. The van der Waals surface area contributed by atoms with Crippen molar-refractivity contribution in [3.8, 4) is 0 Å². The van der Waals surface area contributed by atoms with E-state index in [1.807, 2.05) is 260 Å². The zero-order chi connectivity index (χ0) is 96.7. The lowest BCUT2D eigenvalue weighted by Crippen LogP contribution is -2.36. The van der Waals surface area contributed by atoms with Crippen LogP contribution in [0.2, 0.25) is 0 Å². The monoisotopic (exact) mass is 1950 g/mol. The number of piperidine rings is 1. The van der Waals surface area contributed by atoms with Crippen molar-refractivity contribution >= 4 is 127 Å². The third-order valence-corrected chi connectivity index (χ3v) is 35.7. The van der Waals surface area contributed by atoms with E-state index in [9.17, 15) is 41.8 Å². The van der Waals surface area contributed by atoms with Gasteiger partial charge in [-0.25, -0.2) is 27.4 Å². The second-order valence-corrected chi connectivity index (χ2v) is 67.4. The Morgan fingerprint density at radius 3 is 0.775 bits per heavy atom. The number of rotatable bonds is 34. The third kappa shape index (κ3) is 81.3. The number of likely N-dealkylation sites (tertiary alicyclic amines) is 1. The lowest BCUT2D eigenvalue weighted by Gasteiger charge is -2.32. The molecular weight excluding hydrogens is 1780 g/mol. The van der Waals surface area contributed by atoms with Crippen molar-refractivity contribution in [3.05, 3.63) is 0 Å². The summed E-state index contributed by atoms with van der Waals surface area (Å²) in [6.45, 7) is 65.5. The molecule has 39 heteroatoms. The van der Waals surface area contributed by atoms with Gasteiger partial charge in [0.2, 0.25) is 0 Å². The molecule has 0 aromatic heterocycles. The number of carbonyl (C=O) groups is 3. The van der Waals surface area contributed by atoms with Gasteiger partial charge in [0.15, 0.2) is 0 Å². The number of carbonyl (C=O) groups excluding carboxylic acids is 3. The molecule has 0 unspecified atom stereocenters. The first-order valence-electron chi connectivity index (χ1n) is 40.7. The molecule has 1 rings (SSSR count). The highest BCUT2D eigenvalue weighted by molar-refractivity contribution is 8.56. The van der Waals surface area contributed by atoms with Crippen molar-refractivity contribution < 1.29 is 110 Å². The molecule has 120 heavy (non-hydrogen) atoms. The maximum Gasteiger partial charge on any atom is 0.393 e. The summed E-state index contributed by atoms with van der Waals surface area (Å²) < 4.78 is 159. The highest BCUT2D eigenvalue weighted by atomic mass is 32.7. The molecule has 0 aromatic rings. The Hall–Kier alpha value is 1.29. The van der Waals surface area contributed by atoms with E-state index in [1.165, 1.54) is 42.0 Å². The van der Waals surface area contributed by atoms with Crippen LogP contribution in [0.15, 0.2) is 0 Å². The van der Waals surface area contributed by atoms with E-state index < -0.39 is 124 Å². The molecule has 0 amide bonds. The normalized spacial score (nSPS) is 15.0. The first kappa shape index (κ1) is 130. The summed E-state index contributed by atoms with van der Waals surface area (Å²) in [6, 6.07) is 0. The highest BCUT2D eigenvalue weighted by Crippen LogP contribution is 2.69. The summed E-state index contributed by atoms with van der Waals surface area (Å²) in [5.41, 5.74) is -8.26. The van der Waals surface area contributed by atoms with Gasteiger partial charge in [-0.1, -0.05) is 6.42 Å². The third-order valence-electron chi connectivity index (χ3n) is 11.8. The van der Waals surface area contributed by atoms with Gasteiger partial charge >= 0.3 is 58.7 Å². The van der Waals surface area contributed by atoms with E-state index >= 15 is 0 Å². The first-order chi connectivity index (χ1) is 52.3. The number of esters is 3. The van der Waals surface area contributed by atoms with Gasteiger partial charge in [-0.2, -0.15) is 0 Å². The van der Waals surface area contributed by atoms with Gasteiger partial charge in [0.05, 0.1) is 89.3 Å². The number of nitrogens with zero attached hydrogens (tertiary/aromatic N) is 3. The van der Waals surface area contributed by atoms with E-state index in [0.717, 1.165) is 83.9 Å².